The molecule has 0 bridgehead atoms. The van der Waals surface area contributed by atoms with Crippen LogP contribution >= 0.6 is 0 Å². The third-order valence-electron chi connectivity index (χ3n) is 3.60. The van der Waals surface area contributed by atoms with E-state index < -0.39 is 31.8 Å². The Balaban J connectivity index is 3.72. The van der Waals surface area contributed by atoms with Crippen LogP contribution in [0.3, 0.4) is 0 Å². The van der Waals surface area contributed by atoms with Crippen molar-refractivity contribution in [1.29, 1.82) is 0 Å². The zero-order valence-corrected chi connectivity index (χ0v) is 13.1. The summed E-state index contributed by atoms with van der Waals surface area (Å²) < 4.78 is 0. The number of nitro benzene ring substituents is 3. The summed E-state index contributed by atoms with van der Waals surface area (Å²) in [4.78, 5) is 31.6. The Morgan fingerprint density at radius 2 is 1.17 bits per heavy atom. The third kappa shape index (κ3) is 4.21. The highest BCUT2D eigenvalue weighted by atomic mass is 16.6. The van der Waals surface area contributed by atoms with Crippen LogP contribution < -0.4 is 0 Å². The van der Waals surface area contributed by atoms with Crippen molar-refractivity contribution < 1.29 is 14.8 Å². The Labute approximate surface area is 132 Å². The molecule has 0 heterocycles. The second-order valence-corrected chi connectivity index (χ2v) is 5.20. The fourth-order valence-electron chi connectivity index (χ4n) is 2.47. The number of benzene rings is 1. The highest BCUT2D eigenvalue weighted by molar-refractivity contribution is 5.67. The smallest absolute Gasteiger partial charge is 0.258 e. The lowest BCUT2D eigenvalue weighted by molar-refractivity contribution is -0.405. The first-order valence-electron chi connectivity index (χ1n) is 7.46. The van der Waals surface area contributed by atoms with E-state index in [0.29, 0.717) is 25.7 Å². The molecule has 9 nitrogen and oxygen atoms in total. The fourth-order valence-corrected chi connectivity index (χ4v) is 2.47. The molecule has 23 heavy (non-hydrogen) atoms. The summed E-state index contributed by atoms with van der Waals surface area (Å²) in [6.07, 6.45) is 2.78. The van der Waals surface area contributed by atoms with Gasteiger partial charge in [-0.15, -0.1) is 0 Å². The second kappa shape index (κ2) is 8.16. The van der Waals surface area contributed by atoms with Gasteiger partial charge in [-0.25, -0.2) is 0 Å². The summed E-state index contributed by atoms with van der Waals surface area (Å²) in [5.41, 5.74) is -1.58. The van der Waals surface area contributed by atoms with E-state index in [1.54, 1.807) is 0 Å². The van der Waals surface area contributed by atoms with Gasteiger partial charge in [-0.3, -0.25) is 30.3 Å². The molecule has 0 amide bonds. The number of hydrogen-bond acceptors (Lipinski definition) is 6. The van der Waals surface area contributed by atoms with Gasteiger partial charge in [0.2, 0.25) is 0 Å². The lowest BCUT2D eigenvalue weighted by Gasteiger charge is -2.09. The molecule has 0 fully saturated rings. The summed E-state index contributed by atoms with van der Waals surface area (Å²) >= 11 is 0. The van der Waals surface area contributed by atoms with Gasteiger partial charge in [-0.05, 0) is 25.7 Å². The lowest BCUT2D eigenvalue weighted by Crippen LogP contribution is -2.08. The predicted octanol–water partition coefficient (Wildman–Crippen LogP) is 4.10. The first kappa shape index (κ1) is 18.5. The molecule has 0 aliphatic rings. The Bertz CT molecular complexity index is 585. The van der Waals surface area contributed by atoms with Gasteiger partial charge in [-0.1, -0.05) is 26.7 Å². The lowest BCUT2D eigenvalue weighted by atomic mass is 9.95. The van der Waals surface area contributed by atoms with Gasteiger partial charge in [0.15, 0.2) is 0 Å². The summed E-state index contributed by atoms with van der Waals surface area (Å²) in [6, 6.07) is 0.864. The van der Waals surface area contributed by atoms with Gasteiger partial charge in [0, 0.05) is 0 Å². The molecule has 1 aromatic carbocycles. The first-order valence-corrected chi connectivity index (χ1v) is 7.46. The van der Waals surface area contributed by atoms with Gasteiger partial charge < -0.3 is 0 Å². The van der Waals surface area contributed by atoms with Gasteiger partial charge in [0.25, 0.3) is 17.1 Å². The van der Waals surface area contributed by atoms with Gasteiger partial charge in [0.05, 0.1) is 20.8 Å². The normalized spacial score (nSPS) is 10.5. The van der Waals surface area contributed by atoms with Crippen molar-refractivity contribution >= 4 is 17.1 Å². The van der Waals surface area contributed by atoms with Crippen LogP contribution in [0.5, 0.6) is 0 Å². The van der Waals surface area contributed by atoms with E-state index in [9.17, 15) is 30.3 Å². The first-order chi connectivity index (χ1) is 10.8. The van der Waals surface area contributed by atoms with E-state index in [4.69, 9.17) is 0 Å². The van der Waals surface area contributed by atoms with Crippen LogP contribution in [-0.2, 0) is 12.8 Å². The predicted molar refractivity (Wildman–Crippen MR) is 83.6 cm³/mol. The molecule has 0 saturated carbocycles. The van der Waals surface area contributed by atoms with Crippen molar-refractivity contribution in [3.63, 3.8) is 0 Å². The summed E-state index contributed by atoms with van der Waals surface area (Å²) in [5, 5.41) is 33.9. The number of hydrogen-bond donors (Lipinski definition) is 0. The average molecular weight is 325 g/mol. The molecule has 0 unspecified atom stereocenters. The van der Waals surface area contributed by atoms with Crippen LogP contribution in [0.4, 0.5) is 17.1 Å². The summed E-state index contributed by atoms with van der Waals surface area (Å²) in [5.74, 6) is 0. The minimum absolute atomic E-state index is 0.0152. The molecule has 0 saturated heterocycles. The van der Waals surface area contributed by atoms with Gasteiger partial charge >= 0.3 is 0 Å². The van der Waals surface area contributed by atoms with Gasteiger partial charge in [0.1, 0.15) is 11.1 Å². The third-order valence-corrected chi connectivity index (χ3v) is 3.60. The number of rotatable bonds is 9. The largest absolute Gasteiger partial charge is 0.289 e. The molecule has 1 rings (SSSR count). The zero-order valence-electron chi connectivity index (χ0n) is 13.1. The SMILES string of the molecule is CCCCc1c([N+](=O)[O-])cc([N+](=O)[O-])c(CCCC)c1[N+](=O)[O-]. The number of nitro groups is 3. The molecule has 0 aromatic heterocycles. The fraction of sp³-hybridized carbons (Fsp3) is 0.571. The molecule has 0 aliphatic carbocycles. The molecule has 0 atom stereocenters. The molecule has 0 spiro atoms. The average Bonchev–Trinajstić information content (AvgIpc) is 2.48. The Kier molecular flexibility index (Phi) is 6.55. The number of unbranched alkanes of at least 4 members (excludes halogenated alkanes) is 2. The standard InChI is InChI=1S/C14H19N3O6/c1-3-5-7-10-12(15(18)19)9-13(16(20)21)11(8-6-4-2)14(10)17(22)23/h9H,3-8H2,1-2H3. The maximum Gasteiger partial charge on any atom is 0.289 e. The molecule has 0 radical (unpaired) electrons. The monoisotopic (exact) mass is 325 g/mol. The molecule has 1 aromatic rings. The minimum Gasteiger partial charge on any atom is -0.258 e. The van der Waals surface area contributed by atoms with E-state index >= 15 is 0 Å². The topological polar surface area (TPSA) is 129 Å². The maximum absolute atomic E-state index is 11.5. The molecule has 126 valence electrons. The van der Waals surface area contributed by atoms with Crippen LogP contribution in [0, 0.1) is 30.3 Å². The van der Waals surface area contributed by atoms with Crippen molar-refractivity contribution in [2.75, 3.05) is 0 Å². The molecule has 9 heteroatoms. The summed E-state index contributed by atoms with van der Waals surface area (Å²) in [7, 11) is 0. The molecular weight excluding hydrogens is 306 g/mol. The van der Waals surface area contributed by atoms with Crippen LogP contribution in [0.15, 0.2) is 6.07 Å². The number of nitrogens with zero attached hydrogens (tertiary/aromatic N) is 3. The quantitative estimate of drug-likeness (QED) is 0.496. The maximum atomic E-state index is 11.5. The van der Waals surface area contributed by atoms with Crippen molar-refractivity contribution in [1.82, 2.24) is 0 Å². The molecule has 0 aliphatic heterocycles. The Morgan fingerprint density at radius 3 is 1.43 bits per heavy atom. The van der Waals surface area contributed by atoms with E-state index in [1.807, 2.05) is 13.8 Å². The highest BCUT2D eigenvalue weighted by Crippen LogP contribution is 2.40. The van der Waals surface area contributed by atoms with E-state index in [2.05, 4.69) is 0 Å². The molecular formula is C14H19N3O6. The molecule has 0 N–H and O–H groups in total. The Morgan fingerprint density at radius 1 is 0.783 bits per heavy atom. The van der Waals surface area contributed by atoms with Crippen molar-refractivity contribution in [2.45, 2.75) is 52.4 Å². The Hall–Kier alpha value is -2.58. The van der Waals surface area contributed by atoms with Crippen LogP contribution in [-0.4, -0.2) is 14.8 Å². The van der Waals surface area contributed by atoms with Crippen molar-refractivity contribution in [3.8, 4) is 0 Å². The van der Waals surface area contributed by atoms with E-state index in [-0.39, 0.29) is 24.0 Å². The highest BCUT2D eigenvalue weighted by Gasteiger charge is 2.35. The van der Waals surface area contributed by atoms with Crippen LogP contribution in [0.1, 0.15) is 50.7 Å². The van der Waals surface area contributed by atoms with Gasteiger partial charge in [-0.2, -0.15) is 0 Å². The minimum atomic E-state index is -0.783. The van der Waals surface area contributed by atoms with Crippen molar-refractivity contribution in [3.05, 3.63) is 47.5 Å². The second-order valence-electron chi connectivity index (χ2n) is 5.20. The van der Waals surface area contributed by atoms with E-state index in [0.717, 1.165) is 6.07 Å². The summed E-state index contributed by atoms with van der Waals surface area (Å²) in [6.45, 7) is 3.72. The van der Waals surface area contributed by atoms with Crippen molar-refractivity contribution in [2.24, 2.45) is 0 Å². The van der Waals surface area contributed by atoms with Crippen LogP contribution in [0.25, 0.3) is 0 Å². The van der Waals surface area contributed by atoms with E-state index in [1.165, 1.54) is 0 Å². The zero-order chi connectivity index (χ0) is 17.6. The van der Waals surface area contributed by atoms with Crippen LogP contribution in [0.2, 0.25) is 0 Å².